The van der Waals surface area contributed by atoms with Crippen LogP contribution in [-0.2, 0) is 0 Å². The average Bonchev–Trinajstić information content (AvgIpc) is 2.41. The Bertz CT molecular complexity index is 680. The monoisotopic (exact) mass is 258 g/mol. The highest BCUT2D eigenvalue weighted by molar-refractivity contribution is 5.90. The quantitative estimate of drug-likeness (QED) is 0.914. The Labute approximate surface area is 107 Å². The summed E-state index contributed by atoms with van der Waals surface area (Å²) in [7, 11) is 0. The molecule has 0 radical (unpaired) electrons. The van der Waals surface area contributed by atoms with Gasteiger partial charge in [0.25, 0.3) is 0 Å². The van der Waals surface area contributed by atoms with Gasteiger partial charge in [0.1, 0.15) is 17.1 Å². The predicted molar refractivity (Wildman–Crippen MR) is 62.4 cm³/mol. The highest BCUT2D eigenvalue weighted by Crippen LogP contribution is 2.25. The second-order valence-corrected chi connectivity index (χ2v) is 3.54. The van der Waals surface area contributed by atoms with Gasteiger partial charge in [-0.2, -0.15) is 5.26 Å². The largest absolute Gasteiger partial charge is 0.478 e. The molecule has 1 heterocycles. The zero-order valence-corrected chi connectivity index (χ0v) is 9.50. The standard InChI is InChI=1S/C13H7FN2O3/c14-9-1-2-11(10(6-9)13(17)18)19-12-5-8(7-15)3-4-16-12/h1-6H,(H,17,18). The minimum atomic E-state index is -1.31. The molecule has 0 saturated heterocycles. The number of pyridine rings is 1. The highest BCUT2D eigenvalue weighted by Gasteiger charge is 2.13. The number of halogens is 1. The van der Waals surface area contributed by atoms with E-state index >= 15 is 0 Å². The molecular weight excluding hydrogens is 251 g/mol. The van der Waals surface area contributed by atoms with Crippen LogP contribution in [0.2, 0.25) is 0 Å². The number of carbonyl (C=O) groups is 1. The van der Waals surface area contributed by atoms with Crippen LogP contribution in [0.15, 0.2) is 36.5 Å². The fourth-order valence-corrected chi connectivity index (χ4v) is 1.41. The van der Waals surface area contributed by atoms with Crippen molar-refractivity contribution in [3.8, 4) is 17.7 Å². The van der Waals surface area contributed by atoms with E-state index in [4.69, 9.17) is 15.1 Å². The Hall–Kier alpha value is -2.94. The third kappa shape index (κ3) is 2.84. The first kappa shape index (κ1) is 12.5. The maximum Gasteiger partial charge on any atom is 0.339 e. The molecule has 0 fully saturated rings. The van der Waals surface area contributed by atoms with Crippen LogP contribution >= 0.6 is 0 Å². The van der Waals surface area contributed by atoms with Gasteiger partial charge in [0, 0.05) is 12.3 Å². The molecule has 2 rings (SSSR count). The first-order valence-corrected chi connectivity index (χ1v) is 5.17. The summed E-state index contributed by atoms with van der Waals surface area (Å²) in [5, 5.41) is 17.7. The van der Waals surface area contributed by atoms with Gasteiger partial charge in [-0.15, -0.1) is 0 Å². The average molecular weight is 258 g/mol. The van der Waals surface area contributed by atoms with Crippen molar-refractivity contribution in [2.24, 2.45) is 0 Å². The molecule has 0 atom stereocenters. The Kier molecular flexibility index (Phi) is 3.39. The smallest absolute Gasteiger partial charge is 0.339 e. The minimum Gasteiger partial charge on any atom is -0.478 e. The van der Waals surface area contributed by atoms with Crippen molar-refractivity contribution in [3.63, 3.8) is 0 Å². The van der Waals surface area contributed by atoms with Crippen LogP contribution in [0.3, 0.4) is 0 Å². The number of aromatic carboxylic acids is 1. The molecule has 0 unspecified atom stereocenters. The van der Waals surface area contributed by atoms with Gasteiger partial charge in [-0.25, -0.2) is 14.2 Å². The van der Waals surface area contributed by atoms with Crippen LogP contribution in [0.1, 0.15) is 15.9 Å². The predicted octanol–water partition coefficient (Wildman–Crippen LogP) is 2.58. The number of carboxylic acids is 1. The topological polar surface area (TPSA) is 83.2 Å². The lowest BCUT2D eigenvalue weighted by atomic mass is 10.2. The second kappa shape index (κ2) is 5.14. The first-order chi connectivity index (χ1) is 9.10. The van der Waals surface area contributed by atoms with E-state index in [2.05, 4.69) is 4.98 Å². The van der Waals surface area contributed by atoms with Gasteiger partial charge in [0.15, 0.2) is 0 Å². The molecule has 0 aliphatic carbocycles. The van der Waals surface area contributed by atoms with E-state index in [1.165, 1.54) is 24.4 Å². The van der Waals surface area contributed by atoms with Crippen molar-refractivity contribution in [1.82, 2.24) is 4.98 Å². The van der Waals surface area contributed by atoms with Crippen LogP contribution in [0.5, 0.6) is 11.6 Å². The fraction of sp³-hybridized carbons (Fsp3) is 0. The van der Waals surface area contributed by atoms with E-state index in [1.807, 2.05) is 6.07 Å². The van der Waals surface area contributed by atoms with Crippen LogP contribution in [-0.4, -0.2) is 16.1 Å². The van der Waals surface area contributed by atoms with E-state index in [9.17, 15) is 9.18 Å². The van der Waals surface area contributed by atoms with Crippen molar-refractivity contribution in [2.45, 2.75) is 0 Å². The van der Waals surface area contributed by atoms with Crippen molar-refractivity contribution in [1.29, 1.82) is 5.26 Å². The van der Waals surface area contributed by atoms with Crippen LogP contribution < -0.4 is 4.74 Å². The summed E-state index contributed by atoms with van der Waals surface area (Å²) in [6, 6.07) is 7.87. The van der Waals surface area contributed by atoms with Gasteiger partial charge < -0.3 is 9.84 Å². The van der Waals surface area contributed by atoms with Crippen LogP contribution in [0.25, 0.3) is 0 Å². The summed E-state index contributed by atoms with van der Waals surface area (Å²) in [6.07, 6.45) is 1.36. The number of ether oxygens (including phenoxy) is 1. The van der Waals surface area contributed by atoms with E-state index in [1.54, 1.807) is 0 Å². The molecule has 94 valence electrons. The maximum absolute atomic E-state index is 13.0. The number of rotatable bonds is 3. The number of benzene rings is 1. The number of nitrogens with zero attached hydrogens (tertiary/aromatic N) is 2. The van der Waals surface area contributed by atoms with E-state index < -0.39 is 11.8 Å². The zero-order chi connectivity index (χ0) is 13.8. The second-order valence-electron chi connectivity index (χ2n) is 3.54. The van der Waals surface area contributed by atoms with Gasteiger partial charge in [-0.1, -0.05) is 0 Å². The first-order valence-electron chi connectivity index (χ1n) is 5.17. The summed E-state index contributed by atoms with van der Waals surface area (Å²) in [5.74, 6) is -1.97. The summed E-state index contributed by atoms with van der Waals surface area (Å²) in [5.41, 5.74) is 0.00754. The van der Waals surface area contributed by atoms with Crippen molar-refractivity contribution in [2.75, 3.05) is 0 Å². The molecule has 2 aromatic rings. The van der Waals surface area contributed by atoms with Crippen molar-refractivity contribution in [3.05, 3.63) is 53.5 Å². The van der Waals surface area contributed by atoms with Gasteiger partial charge in [0.05, 0.1) is 11.6 Å². The lowest BCUT2D eigenvalue weighted by Crippen LogP contribution is -2.01. The Morgan fingerprint density at radius 1 is 1.37 bits per heavy atom. The summed E-state index contributed by atoms with van der Waals surface area (Å²) < 4.78 is 18.2. The lowest BCUT2D eigenvalue weighted by Gasteiger charge is -2.07. The van der Waals surface area contributed by atoms with Crippen molar-refractivity contribution >= 4 is 5.97 Å². The van der Waals surface area contributed by atoms with E-state index in [0.717, 1.165) is 12.1 Å². The Morgan fingerprint density at radius 3 is 2.84 bits per heavy atom. The SMILES string of the molecule is N#Cc1ccnc(Oc2ccc(F)cc2C(=O)O)c1. The highest BCUT2D eigenvalue weighted by atomic mass is 19.1. The normalized spacial score (nSPS) is 9.68. The lowest BCUT2D eigenvalue weighted by molar-refractivity contribution is 0.0693. The van der Waals surface area contributed by atoms with Crippen LogP contribution in [0.4, 0.5) is 4.39 Å². The molecule has 1 aromatic heterocycles. The summed E-state index contributed by atoms with van der Waals surface area (Å²) in [4.78, 5) is 14.8. The molecule has 0 saturated carbocycles. The van der Waals surface area contributed by atoms with Gasteiger partial charge in [0.2, 0.25) is 5.88 Å². The van der Waals surface area contributed by atoms with Gasteiger partial charge >= 0.3 is 5.97 Å². The Balaban J connectivity index is 2.38. The number of aromatic nitrogens is 1. The van der Waals surface area contributed by atoms with Gasteiger partial charge in [-0.05, 0) is 24.3 Å². The molecule has 0 amide bonds. The molecule has 19 heavy (non-hydrogen) atoms. The summed E-state index contributed by atoms with van der Waals surface area (Å²) in [6.45, 7) is 0. The number of carboxylic acid groups (broad SMARTS) is 1. The van der Waals surface area contributed by atoms with Crippen LogP contribution in [0, 0.1) is 17.1 Å². The number of nitriles is 1. The summed E-state index contributed by atoms with van der Waals surface area (Å²) >= 11 is 0. The molecule has 1 N–H and O–H groups in total. The maximum atomic E-state index is 13.0. The molecule has 5 nitrogen and oxygen atoms in total. The molecule has 1 aromatic carbocycles. The number of hydrogen-bond donors (Lipinski definition) is 1. The molecule has 6 heteroatoms. The molecule has 0 aliphatic rings. The number of hydrogen-bond acceptors (Lipinski definition) is 4. The van der Waals surface area contributed by atoms with Gasteiger partial charge in [-0.3, -0.25) is 0 Å². The Morgan fingerprint density at radius 2 is 2.16 bits per heavy atom. The third-order valence-electron chi connectivity index (χ3n) is 2.25. The molecule has 0 aliphatic heterocycles. The zero-order valence-electron chi connectivity index (χ0n) is 9.50. The molecule has 0 bridgehead atoms. The minimum absolute atomic E-state index is 0.0449. The third-order valence-corrected chi connectivity index (χ3v) is 2.25. The van der Waals surface area contributed by atoms with E-state index in [0.29, 0.717) is 5.56 Å². The molecule has 0 spiro atoms. The van der Waals surface area contributed by atoms with E-state index in [-0.39, 0.29) is 17.2 Å². The fourth-order valence-electron chi connectivity index (χ4n) is 1.41. The van der Waals surface area contributed by atoms with Crippen molar-refractivity contribution < 1.29 is 19.0 Å². The molecular formula is C13H7FN2O3.